The van der Waals surface area contributed by atoms with Crippen LogP contribution in [0.2, 0.25) is 0 Å². The summed E-state index contributed by atoms with van der Waals surface area (Å²) in [6.07, 6.45) is 2.10. The van der Waals surface area contributed by atoms with Gasteiger partial charge in [0.1, 0.15) is 5.52 Å². The van der Waals surface area contributed by atoms with Crippen molar-refractivity contribution in [1.82, 2.24) is 15.0 Å². The number of pyridine rings is 1. The largest absolute Gasteiger partial charge is 0.390 e. The van der Waals surface area contributed by atoms with Crippen molar-refractivity contribution in [3.63, 3.8) is 0 Å². The third-order valence-corrected chi connectivity index (χ3v) is 2.48. The number of fused-ring (bicyclic) bond motifs is 1. The second-order valence-electron chi connectivity index (χ2n) is 4.86. The molecule has 6 nitrogen and oxygen atoms in total. The molecule has 0 saturated carbocycles. The Kier molecular flexibility index (Phi) is 3.04. The summed E-state index contributed by atoms with van der Waals surface area (Å²) in [6.45, 7) is 3.48. The van der Waals surface area contributed by atoms with Gasteiger partial charge in [-0.15, -0.1) is 0 Å². The van der Waals surface area contributed by atoms with E-state index in [1.807, 2.05) is 0 Å². The number of nitrogen functional groups attached to an aromatic ring is 1. The molecular weight excluding hydrogens is 230 g/mol. The van der Waals surface area contributed by atoms with Crippen LogP contribution in [0, 0.1) is 0 Å². The Morgan fingerprint density at radius 3 is 2.67 bits per heavy atom. The number of aromatic nitrogens is 3. The topological polar surface area (TPSA) is 97.0 Å². The molecule has 0 bridgehead atoms. The van der Waals surface area contributed by atoms with Crippen molar-refractivity contribution in [3.05, 3.63) is 18.0 Å². The fourth-order valence-electron chi connectivity index (χ4n) is 1.74. The normalized spacial score (nSPS) is 11.8. The lowest BCUT2D eigenvalue weighted by Gasteiger charge is -2.16. The first-order valence-corrected chi connectivity index (χ1v) is 5.71. The number of anilines is 2. The number of aliphatic hydroxyl groups is 1. The lowest BCUT2D eigenvalue weighted by atomic mass is 10.0. The zero-order valence-corrected chi connectivity index (χ0v) is 10.7. The lowest BCUT2D eigenvalue weighted by Crippen LogP contribution is -2.22. The van der Waals surface area contributed by atoms with E-state index in [2.05, 4.69) is 20.3 Å². The van der Waals surface area contributed by atoms with E-state index in [4.69, 9.17) is 5.73 Å². The highest BCUT2D eigenvalue weighted by Gasteiger charge is 2.15. The summed E-state index contributed by atoms with van der Waals surface area (Å²) in [4.78, 5) is 12.8. The van der Waals surface area contributed by atoms with E-state index in [0.29, 0.717) is 29.1 Å². The molecule has 0 atom stereocenters. The van der Waals surface area contributed by atoms with Crippen LogP contribution >= 0.6 is 0 Å². The molecule has 4 N–H and O–H groups in total. The molecule has 0 spiro atoms. The summed E-state index contributed by atoms with van der Waals surface area (Å²) in [6, 6.07) is 1.80. The highest BCUT2D eigenvalue weighted by atomic mass is 16.3. The van der Waals surface area contributed by atoms with Gasteiger partial charge in [0.25, 0.3) is 0 Å². The molecule has 2 rings (SSSR count). The van der Waals surface area contributed by atoms with Gasteiger partial charge in [-0.25, -0.2) is 9.97 Å². The molecule has 0 aliphatic heterocycles. The van der Waals surface area contributed by atoms with E-state index in [0.717, 1.165) is 5.69 Å². The number of nitrogens with zero attached hydrogens (tertiary/aromatic N) is 3. The minimum atomic E-state index is -0.801. The van der Waals surface area contributed by atoms with E-state index >= 15 is 0 Å². The maximum Gasteiger partial charge on any atom is 0.169 e. The summed E-state index contributed by atoms with van der Waals surface area (Å²) in [5.41, 5.74) is 7.09. The van der Waals surface area contributed by atoms with Gasteiger partial charge in [-0.2, -0.15) is 0 Å². The van der Waals surface area contributed by atoms with Crippen LogP contribution in [0.25, 0.3) is 11.0 Å². The zero-order chi connectivity index (χ0) is 13.3. The maximum atomic E-state index is 9.77. The minimum Gasteiger partial charge on any atom is -0.390 e. The van der Waals surface area contributed by atoms with Gasteiger partial charge in [0.05, 0.1) is 17.3 Å². The first kappa shape index (κ1) is 12.5. The predicted octanol–water partition coefficient (Wildman–Crippen LogP) is 0.962. The molecule has 0 aliphatic rings. The van der Waals surface area contributed by atoms with Crippen LogP contribution in [0.1, 0.15) is 19.5 Å². The summed E-state index contributed by atoms with van der Waals surface area (Å²) < 4.78 is 0. The summed E-state index contributed by atoms with van der Waals surface area (Å²) >= 11 is 0. The van der Waals surface area contributed by atoms with Crippen LogP contribution in [0.15, 0.2) is 12.3 Å². The molecule has 2 heterocycles. The van der Waals surface area contributed by atoms with Gasteiger partial charge < -0.3 is 16.2 Å². The standard InChI is InChI=1S/C12H17N5O/c1-12(2,18)5-7-4-8-9(6-15-7)17-11(14-3)10(13)16-8/h4,6,18H,5H2,1-3H3,(H2,13,16)(H,14,17). The van der Waals surface area contributed by atoms with E-state index in [-0.39, 0.29) is 0 Å². The Bertz CT molecular complexity index is 576. The van der Waals surface area contributed by atoms with Crippen molar-refractivity contribution in [1.29, 1.82) is 0 Å². The van der Waals surface area contributed by atoms with Crippen LogP contribution < -0.4 is 11.1 Å². The third kappa shape index (κ3) is 2.65. The minimum absolute atomic E-state index is 0.352. The molecule has 0 fully saturated rings. The van der Waals surface area contributed by atoms with E-state index in [1.165, 1.54) is 0 Å². The Morgan fingerprint density at radius 1 is 1.33 bits per heavy atom. The van der Waals surface area contributed by atoms with Crippen LogP contribution in [0.5, 0.6) is 0 Å². The van der Waals surface area contributed by atoms with Crippen molar-refractivity contribution in [2.45, 2.75) is 25.9 Å². The van der Waals surface area contributed by atoms with Gasteiger partial charge in [0.15, 0.2) is 11.6 Å². The van der Waals surface area contributed by atoms with Crippen molar-refractivity contribution in [2.24, 2.45) is 0 Å². The highest BCUT2D eigenvalue weighted by molar-refractivity contribution is 5.79. The fourth-order valence-corrected chi connectivity index (χ4v) is 1.74. The molecule has 96 valence electrons. The number of hydrogen-bond acceptors (Lipinski definition) is 6. The maximum absolute atomic E-state index is 9.77. The molecule has 0 unspecified atom stereocenters. The van der Waals surface area contributed by atoms with E-state index in [1.54, 1.807) is 33.2 Å². The summed E-state index contributed by atoms with van der Waals surface area (Å²) in [5.74, 6) is 0.893. The smallest absolute Gasteiger partial charge is 0.169 e. The van der Waals surface area contributed by atoms with Crippen molar-refractivity contribution in [2.75, 3.05) is 18.1 Å². The molecule has 18 heavy (non-hydrogen) atoms. The second kappa shape index (κ2) is 4.38. The Morgan fingerprint density at radius 2 is 2.06 bits per heavy atom. The monoisotopic (exact) mass is 247 g/mol. The predicted molar refractivity (Wildman–Crippen MR) is 71.3 cm³/mol. The van der Waals surface area contributed by atoms with E-state index in [9.17, 15) is 5.11 Å². The van der Waals surface area contributed by atoms with Crippen molar-refractivity contribution >= 4 is 22.7 Å². The average Bonchev–Trinajstić information content (AvgIpc) is 2.25. The summed E-state index contributed by atoms with van der Waals surface area (Å²) in [5, 5.41) is 12.6. The zero-order valence-electron chi connectivity index (χ0n) is 10.7. The first-order chi connectivity index (χ1) is 8.39. The number of nitrogens with one attached hydrogen (secondary N) is 1. The van der Waals surface area contributed by atoms with Crippen LogP contribution in [-0.2, 0) is 6.42 Å². The molecular formula is C12H17N5O. The molecule has 0 aliphatic carbocycles. The molecule has 0 aromatic carbocycles. The fraction of sp³-hybridized carbons (Fsp3) is 0.417. The molecule has 6 heteroatoms. The molecule has 0 saturated heterocycles. The molecule has 2 aromatic rings. The molecule has 0 amide bonds. The van der Waals surface area contributed by atoms with Gasteiger partial charge >= 0.3 is 0 Å². The number of nitrogens with two attached hydrogens (primary N) is 1. The highest BCUT2D eigenvalue weighted by Crippen LogP contribution is 2.19. The summed E-state index contributed by atoms with van der Waals surface area (Å²) in [7, 11) is 1.74. The van der Waals surface area contributed by atoms with Crippen molar-refractivity contribution in [3.8, 4) is 0 Å². The SMILES string of the molecule is CNc1nc2cnc(CC(C)(C)O)cc2nc1N. The van der Waals surface area contributed by atoms with Gasteiger partial charge in [-0.1, -0.05) is 0 Å². The second-order valence-corrected chi connectivity index (χ2v) is 4.86. The van der Waals surface area contributed by atoms with Crippen LogP contribution in [0.3, 0.4) is 0 Å². The average molecular weight is 247 g/mol. The Labute approximate surface area is 105 Å². The van der Waals surface area contributed by atoms with Gasteiger partial charge in [-0.05, 0) is 19.9 Å². The van der Waals surface area contributed by atoms with Crippen molar-refractivity contribution < 1.29 is 5.11 Å². The Balaban J connectivity index is 2.46. The van der Waals surface area contributed by atoms with Crippen LogP contribution in [-0.4, -0.2) is 32.7 Å². The number of rotatable bonds is 3. The first-order valence-electron chi connectivity index (χ1n) is 5.71. The van der Waals surface area contributed by atoms with Gasteiger partial charge in [0.2, 0.25) is 0 Å². The van der Waals surface area contributed by atoms with Crippen LogP contribution in [0.4, 0.5) is 11.6 Å². The lowest BCUT2D eigenvalue weighted by molar-refractivity contribution is 0.0800. The number of hydrogen-bond donors (Lipinski definition) is 3. The van der Waals surface area contributed by atoms with E-state index < -0.39 is 5.60 Å². The van der Waals surface area contributed by atoms with Gasteiger partial charge in [-0.3, -0.25) is 4.98 Å². The third-order valence-electron chi connectivity index (χ3n) is 2.48. The molecule has 0 radical (unpaired) electrons. The molecule has 2 aromatic heterocycles. The quantitative estimate of drug-likeness (QED) is 0.747. The van der Waals surface area contributed by atoms with Gasteiger partial charge in [0, 0.05) is 19.2 Å². The Hall–Kier alpha value is -1.95.